The van der Waals surface area contributed by atoms with Gasteiger partial charge in [0.2, 0.25) is 0 Å². The number of aliphatic hydroxyl groups is 1. The molecule has 0 spiro atoms. The van der Waals surface area contributed by atoms with E-state index in [1.807, 2.05) is 0 Å². The van der Waals surface area contributed by atoms with Crippen LogP contribution in [0.3, 0.4) is 0 Å². The third-order valence-corrected chi connectivity index (χ3v) is 3.66. The fourth-order valence-electron chi connectivity index (χ4n) is 2.73. The Kier molecular flexibility index (Phi) is 3.20. The van der Waals surface area contributed by atoms with E-state index in [9.17, 15) is 5.11 Å². The molecule has 0 radical (unpaired) electrons. The molecule has 0 aromatic heterocycles. The molecule has 16 heavy (non-hydrogen) atoms. The van der Waals surface area contributed by atoms with Gasteiger partial charge in [0.15, 0.2) is 0 Å². The molecule has 1 aromatic rings. The molecule has 2 rings (SSSR count). The first-order chi connectivity index (χ1) is 7.63. The lowest BCUT2D eigenvalue weighted by Crippen LogP contribution is -2.12. The number of ether oxygens (including phenoxy) is 1. The first-order valence-corrected chi connectivity index (χ1v) is 5.96. The van der Waals surface area contributed by atoms with E-state index in [2.05, 4.69) is 26.0 Å². The van der Waals surface area contributed by atoms with Crippen molar-refractivity contribution < 1.29 is 9.84 Å². The van der Waals surface area contributed by atoms with Crippen molar-refractivity contribution in [2.75, 3.05) is 7.11 Å². The molecule has 1 aromatic carbocycles. The van der Waals surface area contributed by atoms with Crippen LogP contribution < -0.4 is 4.74 Å². The normalized spacial score (nSPS) is 24.8. The lowest BCUT2D eigenvalue weighted by Gasteiger charge is -2.19. The minimum atomic E-state index is -0.161. The van der Waals surface area contributed by atoms with Gasteiger partial charge >= 0.3 is 0 Å². The molecule has 1 fully saturated rings. The zero-order chi connectivity index (χ0) is 11.7. The van der Waals surface area contributed by atoms with Crippen LogP contribution in [-0.4, -0.2) is 18.3 Å². The van der Waals surface area contributed by atoms with Gasteiger partial charge in [-0.3, -0.25) is 0 Å². The Morgan fingerprint density at radius 3 is 2.50 bits per heavy atom. The van der Waals surface area contributed by atoms with Gasteiger partial charge in [0, 0.05) is 5.92 Å². The highest BCUT2D eigenvalue weighted by Gasteiger charge is 2.28. The number of methoxy groups -OCH3 is 1. The first-order valence-electron chi connectivity index (χ1n) is 5.96. The Morgan fingerprint density at radius 2 is 1.94 bits per heavy atom. The minimum Gasteiger partial charge on any atom is -0.496 e. The van der Waals surface area contributed by atoms with Crippen molar-refractivity contribution in [2.45, 2.75) is 45.1 Å². The van der Waals surface area contributed by atoms with Gasteiger partial charge in [0.1, 0.15) is 5.75 Å². The third-order valence-electron chi connectivity index (χ3n) is 3.66. The van der Waals surface area contributed by atoms with Crippen LogP contribution in [0.4, 0.5) is 0 Å². The molecule has 2 atom stereocenters. The molecule has 1 N–H and O–H groups in total. The van der Waals surface area contributed by atoms with E-state index in [4.69, 9.17) is 4.74 Å². The van der Waals surface area contributed by atoms with Gasteiger partial charge in [0.25, 0.3) is 0 Å². The fraction of sp³-hybridized carbons (Fsp3) is 0.571. The largest absolute Gasteiger partial charge is 0.496 e. The number of aliphatic hydroxyl groups excluding tert-OH is 1. The van der Waals surface area contributed by atoms with Gasteiger partial charge in [0.05, 0.1) is 13.2 Å². The van der Waals surface area contributed by atoms with Crippen molar-refractivity contribution >= 4 is 0 Å². The molecule has 0 amide bonds. The maximum absolute atomic E-state index is 9.95. The Bertz CT molecular complexity index is 385. The maximum Gasteiger partial charge on any atom is 0.122 e. The molecule has 2 heteroatoms. The zero-order valence-electron chi connectivity index (χ0n) is 10.3. The predicted molar refractivity (Wildman–Crippen MR) is 65.1 cm³/mol. The summed E-state index contributed by atoms with van der Waals surface area (Å²) < 4.78 is 5.31. The van der Waals surface area contributed by atoms with E-state index in [0.717, 1.165) is 30.6 Å². The molecule has 0 bridgehead atoms. The van der Waals surface area contributed by atoms with E-state index in [-0.39, 0.29) is 6.10 Å². The molecule has 1 saturated carbocycles. The SMILES string of the molecule is COc1cc(C)c(C2CCCC2O)cc1C. The van der Waals surface area contributed by atoms with Gasteiger partial charge < -0.3 is 9.84 Å². The fourth-order valence-corrected chi connectivity index (χ4v) is 2.73. The monoisotopic (exact) mass is 220 g/mol. The second kappa shape index (κ2) is 4.46. The average Bonchev–Trinajstić information content (AvgIpc) is 2.67. The molecular weight excluding hydrogens is 200 g/mol. The molecule has 2 nitrogen and oxygen atoms in total. The van der Waals surface area contributed by atoms with E-state index in [1.54, 1.807) is 7.11 Å². The Balaban J connectivity index is 2.37. The van der Waals surface area contributed by atoms with E-state index >= 15 is 0 Å². The summed E-state index contributed by atoms with van der Waals surface area (Å²) in [6.45, 7) is 4.16. The van der Waals surface area contributed by atoms with Crippen molar-refractivity contribution in [3.05, 3.63) is 28.8 Å². The number of benzene rings is 1. The molecule has 0 saturated heterocycles. The second-order valence-corrected chi connectivity index (χ2v) is 4.78. The van der Waals surface area contributed by atoms with Gasteiger partial charge in [-0.25, -0.2) is 0 Å². The van der Waals surface area contributed by atoms with Crippen molar-refractivity contribution in [3.63, 3.8) is 0 Å². The van der Waals surface area contributed by atoms with Gasteiger partial charge in [-0.2, -0.15) is 0 Å². The van der Waals surface area contributed by atoms with Crippen molar-refractivity contribution in [3.8, 4) is 5.75 Å². The number of rotatable bonds is 2. The summed E-state index contributed by atoms with van der Waals surface area (Å²) in [6.07, 6.45) is 3.02. The van der Waals surface area contributed by atoms with Crippen LogP contribution in [-0.2, 0) is 0 Å². The van der Waals surface area contributed by atoms with Crippen LogP contribution in [0.25, 0.3) is 0 Å². The average molecular weight is 220 g/mol. The first kappa shape index (κ1) is 11.5. The Labute approximate surface area is 97.3 Å². The third kappa shape index (κ3) is 1.94. The van der Waals surface area contributed by atoms with Crippen molar-refractivity contribution in [1.82, 2.24) is 0 Å². The van der Waals surface area contributed by atoms with Crippen LogP contribution in [0.1, 0.15) is 41.9 Å². The van der Waals surface area contributed by atoms with E-state index in [1.165, 1.54) is 11.1 Å². The lowest BCUT2D eigenvalue weighted by molar-refractivity contribution is 0.163. The summed E-state index contributed by atoms with van der Waals surface area (Å²) in [5.41, 5.74) is 3.68. The smallest absolute Gasteiger partial charge is 0.122 e. The molecule has 88 valence electrons. The van der Waals surface area contributed by atoms with E-state index in [0.29, 0.717) is 5.92 Å². The highest BCUT2D eigenvalue weighted by molar-refractivity contribution is 5.43. The van der Waals surface area contributed by atoms with Gasteiger partial charge in [-0.05, 0) is 49.4 Å². The molecular formula is C14H20O2. The predicted octanol–water partition coefficient (Wildman–Crippen LogP) is 2.94. The number of aryl methyl sites for hydroxylation is 2. The zero-order valence-corrected chi connectivity index (χ0v) is 10.3. The Morgan fingerprint density at radius 1 is 1.19 bits per heavy atom. The topological polar surface area (TPSA) is 29.5 Å². The lowest BCUT2D eigenvalue weighted by atomic mass is 9.90. The van der Waals surface area contributed by atoms with Gasteiger partial charge in [-0.15, -0.1) is 0 Å². The highest BCUT2D eigenvalue weighted by atomic mass is 16.5. The second-order valence-electron chi connectivity index (χ2n) is 4.78. The molecule has 1 aliphatic rings. The number of hydrogen-bond acceptors (Lipinski definition) is 2. The van der Waals surface area contributed by atoms with Crippen LogP contribution in [0.15, 0.2) is 12.1 Å². The Hall–Kier alpha value is -1.02. The molecule has 0 aliphatic heterocycles. The van der Waals surface area contributed by atoms with Crippen molar-refractivity contribution in [2.24, 2.45) is 0 Å². The summed E-state index contributed by atoms with van der Waals surface area (Å²) >= 11 is 0. The minimum absolute atomic E-state index is 0.161. The molecule has 0 heterocycles. The summed E-state index contributed by atoms with van der Waals surface area (Å²) in [6, 6.07) is 4.25. The van der Waals surface area contributed by atoms with Crippen LogP contribution in [0, 0.1) is 13.8 Å². The number of hydrogen-bond donors (Lipinski definition) is 1. The van der Waals surface area contributed by atoms with Gasteiger partial charge in [-0.1, -0.05) is 12.5 Å². The quantitative estimate of drug-likeness (QED) is 0.830. The standard InChI is InChI=1S/C14H20O2/c1-9-8-14(16-3)10(2)7-12(9)11-5-4-6-13(11)15/h7-8,11,13,15H,4-6H2,1-3H3. The van der Waals surface area contributed by atoms with Crippen molar-refractivity contribution in [1.29, 1.82) is 0 Å². The summed E-state index contributed by atoms with van der Waals surface area (Å²) in [7, 11) is 1.70. The molecule has 1 aliphatic carbocycles. The van der Waals surface area contributed by atoms with E-state index < -0.39 is 0 Å². The summed E-state index contributed by atoms with van der Waals surface area (Å²) in [4.78, 5) is 0. The van der Waals surface area contributed by atoms with Crippen LogP contribution >= 0.6 is 0 Å². The highest BCUT2D eigenvalue weighted by Crippen LogP contribution is 2.38. The summed E-state index contributed by atoms with van der Waals surface area (Å²) in [5, 5.41) is 9.95. The van der Waals surface area contributed by atoms with Crippen LogP contribution in [0.2, 0.25) is 0 Å². The maximum atomic E-state index is 9.95. The van der Waals surface area contributed by atoms with Crippen LogP contribution in [0.5, 0.6) is 5.75 Å². The summed E-state index contributed by atoms with van der Waals surface area (Å²) in [5.74, 6) is 1.26. The molecule has 2 unspecified atom stereocenters.